The summed E-state index contributed by atoms with van der Waals surface area (Å²) in [7, 11) is 0. The Bertz CT molecular complexity index is 467. The van der Waals surface area contributed by atoms with Crippen LogP contribution in [0.4, 0.5) is 0 Å². The number of ether oxygens (including phenoxy) is 1. The van der Waals surface area contributed by atoms with Gasteiger partial charge in [-0.1, -0.05) is 31.0 Å². The maximum atomic E-state index is 6.46. The minimum atomic E-state index is 0.422. The summed E-state index contributed by atoms with van der Waals surface area (Å²) in [5, 5.41) is 3.62. The molecule has 2 unspecified atom stereocenters. The highest BCUT2D eigenvalue weighted by atomic mass is 16.5. The Labute approximate surface area is 129 Å². The van der Waals surface area contributed by atoms with Gasteiger partial charge in [-0.2, -0.15) is 0 Å². The molecule has 1 aromatic rings. The van der Waals surface area contributed by atoms with Crippen LogP contribution in [0.1, 0.15) is 63.0 Å². The van der Waals surface area contributed by atoms with E-state index in [-0.39, 0.29) is 0 Å². The predicted octanol–water partition coefficient (Wildman–Crippen LogP) is 4.59. The van der Waals surface area contributed by atoms with Crippen molar-refractivity contribution in [1.82, 2.24) is 5.32 Å². The predicted molar refractivity (Wildman–Crippen MR) is 87.7 cm³/mol. The molecule has 21 heavy (non-hydrogen) atoms. The first-order valence-electron chi connectivity index (χ1n) is 8.76. The van der Waals surface area contributed by atoms with Gasteiger partial charge in [-0.15, -0.1) is 0 Å². The van der Waals surface area contributed by atoms with Gasteiger partial charge in [0, 0.05) is 18.2 Å². The Morgan fingerprint density at radius 3 is 2.71 bits per heavy atom. The lowest BCUT2D eigenvalue weighted by molar-refractivity contribution is 0.0892. The molecule has 0 radical (unpaired) electrons. The minimum Gasteiger partial charge on any atom is -0.490 e. The second kappa shape index (κ2) is 6.83. The molecule has 2 heteroatoms. The molecule has 0 amide bonds. The molecule has 0 aromatic heterocycles. The Kier molecular flexibility index (Phi) is 4.84. The maximum Gasteiger partial charge on any atom is 0.124 e. The van der Waals surface area contributed by atoms with Gasteiger partial charge >= 0.3 is 0 Å². The van der Waals surface area contributed by atoms with Crippen molar-refractivity contribution in [2.45, 2.75) is 77.5 Å². The molecule has 0 saturated heterocycles. The monoisotopic (exact) mass is 287 g/mol. The van der Waals surface area contributed by atoms with Crippen LogP contribution in [0.15, 0.2) is 18.2 Å². The third kappa shape index (κ3) is 4.00. The zero-order valence-electron chi connectivity index (χ0n) is 13.5. The van der Waals surface area contributed by atoms with Gasteiger partial charge in [-0.05, 0) is 57.4 Å². The molecule has 2 aliphatic rings. The van der Waals surface area contributed by atoms with E-state index in [9.17, 15) is 0 Å². The van der Waals surface area contributed by atoms with Crippen molar-refractivity contribution >= 4 is 0 Å². The summed E-state index contributed by atoms with van der Waals surface area (Å²) in [5.41, 5.74) is 2.66. The largest absolute Gasteiger partial charge is 0.490 e. The molecule has 0 aliphatic heterocycles. The number of aryl methyl sites for hydroxylation is 1. The molecule has 0 bridgehead atoms. The molecule has 2 atom stereocenters. The molecule has 2 aliphatic carbocycles. The van der Waals surface area contributed by atoms with Crippen LogP contribution in [0.2, 0.25) is 0 Å². The van der Waals surface area contributed by atoms with Crippen molar-refractivity contribution in [2.24, 2.45) is 5.92 Å². The lowest BCUT2D eigenvalue weighted by atomic mass is 9.84. The van der Waals surface area contributed by atoms with Crippen LogP contribution < -0.4 is 10.1 Å². The molecular weight excluding hydrogens is 258 g/mol. The van der Waals surface area contributed by atoms with Gasteiger partial charge < -0.3 is 10.1 Å². The molecule has 0 spiro atoms. The van der Waals surface area contributed by atoms with Crippen LogP contribution in [0.3, 0.4) is 0 Å². The van der Waals surface area contributed by atoms with Gasteiger partial charge in [0.25, 0.3) is 0 Å². The fourth-order valence-electron chi connectivity index (χ4n) is 3.46. The molecule has 2 saturated carbocycles. The van der Waals surface area contributed by atoms with Crippen LogP contribution in [-0.4, -0.2) is 12.1 Å². The smallest absolute Gasteiger partial charge is 0.124 e. The molecule has 116 valence electrons. The van der Waals surface area contributed by atoms with E-state index in [4.69, 9.17) is 4.74 Å². The van der Waals surface area contributed by atoms with E-state index in [0.717, 1.165) is 24.3 Å². The summed E-state index contributed by atoms with van der Waals surface area (Å²) in [5.74, 6) is 1.85. The summed E-state index contributed by atoms with van der Waals surface area (Å²) in [6.45, 7) is 5.42. The zero-order chi connectivity index (χ0) is 14.7. The first kappa shape index (κ1) is 14.9. The standard InChI is InChI=1S/C19H29NO/c1-3-15-6-4-5-7-18(15)21-19-11-8-14(2)12-16(19)13-20-17-9-10-17/h8,11-12,15,17-18,20H,3-7,9-10,13H2,1-2H3. The summed E-state index contributed by atoms with van der Waals surface area (Å²) in [6, 6.07) is 7.39. The van der Waals surface area contributed by atoms with Gasteiger partial charge in [0.2, 0.25) is 0 Å². The normalized spacial score (nSPS) is 25.8. The van der Waals surface area contributed by atoms with Gasteiger partial charge in [-0.25, -0.2) is 0 Å². The van der Waals surface area contributed by atoms with Crippen LogP contribution in [-0.2, 0) is 6.54 Å². The SMILES string of the molecule is CCC1CCCCC1Oc1ccc(C)cc1CNC1CC1. The molecular formula is C19H29NO. The fraction of sp³-hybridized carbons (Fsp3) is 0.684. The molecule has 1 aromatic carbocycles. The van der Waals surface area contributed by atoms with E-state index in [1.807, 2.05) is 0 Å². The lowest BCUT2D eigenvalue weighted by Crippen LogP contribution is -2.30. The van der Waals surface area contributed by atoms with Gasteiger partial charge in [0.05, 0.1) is 0 Å². The molecule has 2 fully saturated rings. The number of nitrogens with one attached hydrogen (secondary N) is 1. The second-order valence-electron chi connectivity index (χ2n) is 6.88. The van der Waals surface area contributed by atoms with Crippen LogP contribution in [0.25, 0.3) is 0 Å². The van der Waals surface area contributed by atoms with Crippen LogP contribution >= 0.6 is 0 Å². The summed E-state index contributed by atoms with van der Waals surface area (Å²) < 4.78 is 6.46. The van der Waals surface area contributed by atoms with Crippen LogP contribution in [0, 0.1) is 12.8 Å². The topological polar surface area (TPSA) is 21.3 Å². The molecule has 1 N–H and O–H groups in total. The first-order valence-corrected chi connectivity index (χ1v) is 8.76. The third-order valence-electron chi connectivity index (χ3n) is 5.02. The number of hydrogen-bond donors (Lipinski definition) is 1. The second-order valence-corrected chi connectivity index (χ2v) is 6.88. The third-order valence-corrected chi connectivity index (χ3v) is 5.02. The Balaban J connectivity index is 1.70. The van der Waals surface area contributed by atoms with Gasteiger partial charge in [0.1, 0.15) is 11.9 Å². The maximum absolute atomic E-state index is 6.46. The average molecular weight is 287 g/mol. The molecule has 0 heterocycles. The van der Waals surface area contributed by atoms with Gasteiger partial charge in [0.15, 0.2) is 0 Å². The number of hydrogen-bond acceptors (Lipinski definition) is 2. The number of benzene rings is 1. The number of rotatable bonds is 6. The quantitative estimate of drug-likeness (QED) is 0.826. The fourth-order valence-corrected chi connectivity index (χ4v) is 3.46. The highest BCUT2D eigenvalue weighted by molar-refractivity contribution is 5.37. The van der Waals surface area contributed by atoms with E-state index in [1.54, 1.807) is 0 Å². The average Bonchev–Trinajstić information content (AvgIpc) is 3.32. The minimum absolute atomic E-state index is 0.422. The highest BCUT2D eigenvalue weighted by Gasteiger charge is 2.26. The van der Waals surface area contributed by atoms with Gasteiger partial charge in [-0.3, -0.25) is 0 Å². The van der Waals surface area contributed by atoms with Crippen molar-refractivity contribution < 1.29 is 4.74 Å². The Morgan fingerprint density at radius 2 is 1.95 bits per heavy atom. The van der Waals surface area contributed by atoms with Crippen molar-refractivity contribution in [3.8, 4) is 5.75 Å². The summed E-state index contributed by atoms with van der Waals surface area (Å²) in [6.07, 6.45) is 9.60. The van der Waals surface area contributed by atoms with Crippen LogP contribution in [0.5, 0.6) is 5.75 Å². The van der Waals surface area contributed by atoms with Crippen molar-refractivity contribution in [2.75, 3.05) is 0 Å². The zero-order valence-corrected chi connectivity index (χ0v) is 13.5. The molecule has 2 nitrogen and oxygen atoms in total. The van der Waals surface area contributed by atoms with E-state index in [1.165, 1.54) is 56.1 Å². The van der Waals surface area contributed by atoms with Crippen molar-refractivity contribution in [1.29, 1.82) is 0 Å². The summed E-state index contributed by atoms with van der Waals surface area (Å²) >= 11 is 0. The Morgan fingerprint density at radius 1 is 1.14 bits per heavy atom. The molecule has 3 rings (SSSR count). The first-order chi connectivity index (χ1) is 10.3. The van der Waals surface area contributed by atoms with Crippen molar-refractivity contribution in [3.05, 3.63) is 29.3 Å². The van der Waals surface area contributed by atoms with Crippen molar-refractivity contribution in [3.63, 3.8) is 0 Å². The van der Waals surface area contributed by atoms with E-state index >= 15 is 0 Å². The van der Waals surface area contributed by atoms with E-state index in [0.29, 0.717) is 6.10 Å². The Hall–Kier alpha value is -1.02. The van der Waals surface area contributed by atoms with E-state index in [2.05, 4.69) is 37.4 Å². The highest BCUT2D eigenvalue weighted by Crippen LogP contribution is 2.32. The van der Waals surface area contributed by atoms with E-state index < -0.39 is 0 Å². The summed E-state index contributed by atoms with van der Waals surface area (Å²) in [4.78, 5) is 0. The lowest BCUT2D eigenvalue weighted by Gasteiger charge is -2.32.